The van der Waals surface area contributed by atoms with E-state index in [1.54, 1.807) is 24.5 Å². The molecule has 0 amide bonds. The quantitative estimate of drug-likeness (QED) is 0.319. The number of allylic oxidation sites excluding steroid dienone is 4. The molecule has 4 nitrogen and oxygen atoms in total. The second kappa shape index (κ2) is 14.3. The summed E-state index contributed by atoms with van der Waals surface area (Å²) in [5.74, 6) is -0.170. The number of hydrogen-bond donors (Lipinski definition) is 2. The first kappa shape index (κ1) is 24.5. The maximum atomic E-state index is 13.8. The van der Waals surface area contributed by atoms with Crippen LogP contribution in [0, 0.1) is 5.82 Å². The molecule has 1 unspecified atom stereocenters. The van der Waals surface area contributed by atoms with Gasteiger partial charge in [0.05, 0.1) is 12.4 Å². The summed E-state index contributed by atoms with van der Waals surface area (Å²) in [6.45, 7) is 9.87. The lowest BCUT2D eigenvalue weighted by atomic mass is 9.92. The molecule has 1 aromatic carbocycles. The SMILES string of the molecule is C=CN\C=C/C(=C\C(CC)c1cccc(F)c1)C(/C=C\N=C)=N\CNC1CCCCC1. The molecule has 1 fully saturated rings. The van der Waals surface area contributed by atoms with E-state index in [4.69, 9.17) is 4.99 Å². The highest BCUT2D eigenvalue weighted by molar-refractivity contribution is 6.10. The average molecular weight is 423 g/mol. The van der Waals surface area contributed by atoms with Gasteiger partial charge in [-0.3, -0.25) is 15.3 Å². The Bertz CT molecular complexity index is 816. The van der Waals surface area contributed by atoms with Crippen LogP contribution in [-0.4, -0.2) is 25.1 Å². The zero-order chi connectivity index (χ0) is 22.3. The minimum absolute atomic E-state index is 0.0562. The van der Waals surface area contributed by atoms with Gasteiger partial charge in [0.1, 0.15) is 5.82 Å². The van der Waals surface area contributed by atoms with Crippen LogP contribution in [0.3, 0.4) is 0 Å². The summed E-state index contributed by atoms with van der Waals surface area (Å²) in [7, 11) is 0. The summed E-state index contributed by atoms with van der Waals surface area (Å²) in [6, 6.07) is 7.30. The molecular weight excluding hydrogens is 387 g/mol. The number of benzene rings is 1. The lowest BCUT2D eigenvalue weighted by molar-refractivity contribution is 0.378. The van der Waals surface area contributed by atoms with E-state index in [0.29, 0.717) is 12.7 Å². The summed E-state index contributed by atoms with van der Waals surface area (Å²) < 4.78 is 13.8. The molecule has 0 aromatic heterocycles. The molecule has 0 saturated heterocycles. The number of halogens is 1. The molecule has 1 aromatic rings. The van der Waals surface area contributed by atoms with Gasteiger partial charge in [0.25, 0.3) is 0 Å². The van der Waals surface area contributed by atoms with Gasteiger partial charge in [0, 0.05) is 24.4 Å². The number of rotatable bonds is 12. The van der Waals surface area contributed by atoms with Gasteiger partial charge < -0.3 is 5.32 Å². The van der Waals surface area contributed by atoms with E-state index in [-0.39, 0.29) is 11.7 Å². The first-order valence-corrected chi connectivity index (χ1v) is 11.1. The van der Waals surface area contributed by atoms with Crippen molar-refractivity contribution in [3.05, 3.63) is 84.6 Å². The Morgan fingerprint density at radius 3 is 2.74 bits per heavy atom. The van der Waals surface area contributed by atoms with Crippen molar-refractivity contribution >= 4 is 12.4 Å². The van der Waals surface area contributed by atoms with Gasteiger partial charge in [0.2, 0.25) is 0 Å². The highest BCUT2D eigenvalue weighted by Gasteiger charge is 2.13. The first-order chi connectivity index (χ1) is 15.2. The topological polar surface area (TPSA) is 48.8 Å². The number of nitrogens with one attached hydrogen (secondary N) is 2. The van der Waals surface area contributed by atoms with Gasteiger partial charge >= 0.3 is 0 Å². The van der Waals surface area contributed by atoms with Crippen molar-refractivity contribution in [3.8, 4) is 0 Å². The van der Waals surface area contributed by atoms with E-state index in [1.807, 2.05) is 24.4 Å². The molecule has 1 aliphatic carbocycles. The molecule has 0 aliphatic heterocycles. The summed E-state index contributed by atoms with van der Waals surface area (Å²) in [4.78, 5) is 8.67. The van der Waals surface area contributed by atoms with E-state index in [9.17, 15) is 4.39 Å². The van der Waals surface area contributed by atoms with E-state index in [1.165, 1.54) is 38.2 Å². The minimum atomic E-state index is -0.226. The van der Waals surface area contributed by atoms with Crippen molar-refractivity contribution in [1.29, 1.82) is 0 Å². The zero-order valence-electron chi connectivity index (χ0n) is 18.6. The molecule has 2 rings (SSSR count). The molecule has 0 spiro atoms. The zero-order valence-corrected chi connectivity index (χ0v) is 18.6. The predicted octanol–water partition coefficient (Wildman–Crippen LogP) is 6.03. The fourth-order valence-corrected chi connectivity index (χ4v) is 3.77. The van der Waals surface area contributed by atoms with Crippen molar-refractivity contribution in [2.75, 3.05) is 6.67 Å². The molecule has 1 saturated carbocycles. The maximum absolute atomic E-state index is 13.8. The van der Waals surface area contributed by atoms with Gasteiger partial charge in [-0.25, -0.2) is 4.39 Å². The third kappa shape index (κ3) is 8.85. The van der Waals surface area contributed by atoms with Crippen molar-refractivity contribution in [3.63, 3.8) is 0 Å². The molecule has 5 heteroatoms. The smallest absolute Gasteiger partial charge is 0.123 e. The molecule has 31 heavy (non-hydrogen) atoms. The Morgan fingerprint density at radius 1 is 1.26 bits per heavy atom. The predicted molar refractivity (Wildman–Crippen MR) is 131 cm³/mol. The van der Waals surface area contributed by atoms with Gasteiger partial charge in [-0.15, -0.1) is 0 Å². The summed E-state index contributed by atoms with van der Waals surface area (Å²) in [6.07, 6.45) is 18.2. The maximum Gasteiger partial charge on any atom is 0.123 e. The molecule has 0 heterocycles. The number of hydrogen-bond acceptors (Lipinski definition) is 4. The Morgan fingerprint density at radius 2 is 2.06 bits per heavy atom. The first-order valence-electron chi connectivity index (χ1n) is 11.1. The molecule has 1 atom stereocenters. The fourth-order valence-electron chi connectivity index (χ4n) is 3.77. The Kier molecular flexibility index (Phi) is 11.3. The van der Waals surface area contributed by atoms with Crippen molar-refractivity contribution in [2.45, 2.75) is 57.4 Å². The van der Waals surface area contributed by atoms with Crippen LogP contribution < -0.4 is 10.6 Å². The standard InChI is InChI=1S/C26H35FN4/c1-4-21(22-10-9-11-24(27)19-22)18-23(14-17-29-5-2)26(15-16-28-3)31-20-30-25-12-7-6-8-13-25/h5,9-11,14-19,21,25,29-30H,2-4,6-8,12-13,20H2,1H3/b16-15-,17-14-,23-18+,31-26-. The van der Waals surface area contributed by atoms with Crippen molar-refractivity contribution in [1.82, 2.24) is 10.6 Å². The third-order valence-corrected chi connectivity index (χ3v) is 5.44. The fraction of sp³-hybridized carbons (Fsp3) is 0.385. The van der Waals surface area contributed by atoms with Gasteiger partial charge in [0.15, 0.2) is 0 Å². The highest BCUT2D eigenvalue weighted by atomic mass is 19.1. The van der Waals surface area contributed by atoms with Crippen molar-refractivity contribution < 1.29 is 4.39 Å². The molecule has 0 bridgehead atoms. The summed E-state index contributed by atoms with van der Waals surface area (Å²) in [5, 5.41) is 6.55. The summed E-state index contributed by atoms with van der Waals surface area (Å²) >= 11 is 0. The molecular formula is C26H35FN4. The van der Waals surface area contributed by atoms with Crippen LogP contribution in [0.1, 0.15) is 56.9 Å². The molecule has 166 valence electrons. The van der Waals surface area contributed by atoms with Gasteiger partial charge in [-0.1, -0.05) is 51.0 Å². The third-order valence-electron chi connectivity index (χ3n) is 5.44. The number of aliphatic imine (C=N–C) groups is 2. The normalized spacial score (nSPS) is 17.2. The molecule has 2 N–H and O–H groups in total. The second-order valence-corrected chi connectivity index (χ2v) is 7.63. The number of nitrogens with zero attached hydrogens (tertiary/aromatic N) is 2. The Hall–Kier alpha value is -2.79. The minimum Gasteiger partial charge on any atom is -0.368 e. The van der Waals surface area contributed by atoms with Crippen LogP contribution in [-0.2, 0) is 0 Å². The van der Waals surface area contributed by atoms with Crippen LogP contribution >= 0.6 is 0 Å². The molecule has 1 aliphatic rings. The average Bonchev–Trinajstić information content (AvgIpc) is 2.79. The van der Waals surface area contributed by atoms with E-state index < -0.39 is 0 Å². The van der Waals surface area contributed by atoms with Gasteiger partial charge in [-0.05, 0) is 67.6 Å². The Balaban J connectivity index is 2.32. The Labute approximate surface area is 186 Å². The monoisotopic (exact) mass is 422 g/mol. The van der Waals surface area contributed by atoms with E-state index >= 15 is 0 Å². The van der Waals surface area contributed by atoms with Crippen LogP contribution in [0.4, 0.5) is 4.39 Å². The molecule has 0 radical (unpaired) electrons. The van der Waals surface area contributed by atoms with E-state index in [2.05, 4.69) is 41.9 Å². The van der Waals surface area contributed by atoms with E-state index in [0.717, 1.165) is 23.3 Å². The largest absolute Gasteiger partial charge is 0.368 e. The highest BCUT2D eigenvalue weighted by Crippen LogP contribution is 2.24. The summed E-state index contributed by atoms with van der Waals surface area (Å²) in [5.41, 5.74) is 2.67. The lowest BCUT2D eigenvalue weighted by Gasteiger charge is -2.22. The van der Waals surface area contributed by atoms with Gasteiger partial charge in [-0.2, -0.15) is 0 Å². The van der Waals surface area contributed by atoms with Crippen LogP contribution in [0.15, 0.2) is 83.2 Å². The van der Waals surface area contributed by atoms with Crippen molar-refractivity contribution in [2.24, 2.45) is 9.98 Å². The lowest BCUT2D eigenvalue weighted by Crippen LogP contribution is -2.31. The second-order valence-electron chi connectivity index (χ2n) is 7.63. The van der Waals surface area contributed by atoms with Crippen LogP contribution in [0.25, 0.3) is 0 Å². The van der Waals surface area contributed by atoms with Crippen LogP contribution in [0.5, 0.6) is 0 Å². The van der Waals surface area contributed by atoms with Crippen LogP contribution in [0.2, 0.25) is 0 Å².